The summed E-state index contributed by atoms with van der Waals surface area (Å²) in [7, 11) is 1.59. The van der Waals surface area contributed by atoms with E-state index >= 15 is 0 Å². The number of ketones is 1. The molecular formula is C19H20O4. The van der Waals surface area contributed by atoms with Gasteiger partial charge in [-0.25, -0.2) is 0 Å². The standard InChI is InChI=1S/C19H20O4/c1-3-23-19(21)17(18(20)15-7-5-4-6-8-15)13-14-9-11-16(22-2)12-10-14/h4-12,17H,3,13H2,1-2H3. The van der Waals surface area contributed by atoms with Crippen LogP contribution in [0.4, 0.5) is 0 Å². The molecule has 1 unspecified atom stereocenters. The molecule has 1 atom stereocenters. The van der Waals surface area contributed by atoms with E-state index < -0.39 is 11.9 Å². The van der Waals surface area contributed by atoms with Crippen molar-refractivity contribution in [1.82, 2.24) is 0 Å². The smallest absolute Gasteiger partial charge is 0.317 e. The summed E-state index contributed by atoms with van der Waals surface area (Å²) >= 11 is 0. The number of esters is 1. The van der Waals surface area contributed by atoms with Gasteiger partial charge in [0.25, 0.3) is 0 Å². The van der Waals surface area contributed by atoms with Gasteiger partial charge in [-0.3, -0.25) is 9.59 Å². The zero-order chi connectivity index (χ0) is 16.7. The topological polar surface area (TPSA) is 52.6 Å². The molecule has 0 aromatic heterocycles. The Kier molecular flexibility index (Phi) is 5.92. The average Bonchev–Trinajstić information content (AvgIpc) is 2.60. The maximum atomic E-state index is 12.7. The van der Waals surface area contributed by atoms with Crippen molar-refractivity contribution in [3.05, 3.63) is 65.7 Å². The Labute approximate surface area is 136 Å². The normalized spacial score (nSPS) is 11.6. The van der Waals surface area contributed by atoms with Crippen LogP contribution in [-0.2, 0) is 16.0 Å². The summed E-state index contributed by atoms with van der Waals surface area (Å²) < 4.78 is 10.2. The Balaban J connectivity index is 2.23. The molecule has 23 heavy (non-hydrogen) atoms. The van der Waals surface area contributed by atoms with Gasteiger partial charge in [0.15, 0.2) is 5.78 Å². The first-order valence-corrected chi connectivity index (χ1v) is 7.54. The van der Waals surface area contributed by atoms with Gasteiger partial charge in [0.2, 0.25) is 0 Å². The van der Waals surface area contributed by atoms with Crippen molar-refractivity contribution in [2.75, 3.05) is 13.7 Å². The van der Waals surface area contributed by atoms with Gasteiger partial charge in [-0.05, 0) is 31.0 Å². The highest BCUT2D eigenvalue weighted by Crippen LogP contribution is 2.19. The molecule has 120 valence electrons. The van der Waals surface area contributed by atoms with Gasteiger partial charge in [-0.1, -0.05) is 42.5 Å². The number of methoxy groups -OCH3 is 1. The SMILES string of the molecule is CCOC(=O)C(Cc1ccc(OC)cc1)C(=O)c1ccccc1. The van der Waals surface area contributed by atoms with Crippen molar-refractivity contribution < 1.29 is 19.1 Å². The third-order valence-electron chi connectivity index (χ3n) is 3.54. The van der Waals surface area contributed by atoms with Gasteiger partial charge in [0.1, 0.15) is 11.7 Å². The summed E-state index contributed by atoms with van der Waals surface area (Å²) in [5.41, 5.74) is 1.40. The minimum Gasteiger partial charge on any atom is -0.497 e. The minimum absolute atomic E-state index is 0.222. The molecule has 0 heterocycles. The lowest BCUT2D eigenvalue weighted by atomic mass is 9.91. The Morgan fingerprint density at radius 2 is 1.65 bits per heavy atom. The highest BCUT2D eigenvalue weighted by molar-refractivity contribution is 6.08. The van der Waals surface area contributed by atoms with Crippen LogP contribution in [0.2, 0.25) is 0 Å². The summed E-state index contributed by atoms with van der Waals surface area (Å²) in [4.78, 5) is 24.9. The number of benzene rings is 2. The lowest BCUT2D eigenvalue weighted by Gasteiger charge is -2.15. The second-order valence-corrected chi connectivity index (χ2v) is 5.09. The largest absolute Gasteiger partial charge is 0.497 e. The summed E-state index contributed by atoms with van der Waals surface area (Å²) in [6, 6.07) is 16.1. The Morgan fingerprint density at radius 1 is 1.00 bits per heavy atom. The molecule has 4 heteroatoms. The second kappa shape index (κ2) is 8.13. The zero-order valence-electron chi connectivity index (χ0n) is 13.3. The van der Waals surface area contributed by atoms with Crippen molar-refractivity contribution in [1.29, 1.82) is 0 Å². The van der Waals surface area contributed by atoms with E-state index in [2.05, 4.69) is 0 Å². The number of hydrogen-bond acceptors (Lipinski definition) is 4. The molecular weight excluding hydrogens is 292 g/mol. The molecule has 2 aromatic carbocycles. The number of hydrogen-bond donors (Lipinski definition) is 0. The van der Waals surface area contributed by atoms with E-state index in [4.69, 9.17) is 9.47 Å². The number of carbonyl (C=O) groups is 2. The summed E-state index contributed by atoms with van der Waals surface area (Å²) in [5, 5.41) is 0. The highest BCUT2D eigenvalue weighted by atomic mass is 16.5. The molecule has 0 bridgehead atoms. The van der Waals surface area contributed by atoms with Gasteiger partial charge in [-0.2, -0.15) is 0 Å². The van der Waals surface area contributed by atoms with Crippen LogP contribution >= 0.6 is 0 Å². The molecule has 0 spiro atoms. The minimum atomic E-state index is -0.842. The van der Waals surface area contributed by atoms with E-state index in [1.54, 1.807) is 38.3 Å². The van der Waals surface area contributed by atoms with E-state index in [0.29, 0.717) is 12.0 Å². The van der Waals surface area contributed by atoms with Gasteiger partial charge in [0.05, 0.1) is 13.7 Å². The quantitative estimate of drug-likeness (QED) is 0.447. The summed E-state index contributed by atoms with van der Waals surface area (Å²) in [6.07, 6.45) is 0.302. The molecule has 2 rings (SSSR count). The molecule has 0 saturated heterocycles. The number of carbonyl (C=O) groups excluding carboxylic acids is 2. The Hall–Kier alpha value is -2.62. The average molecular weight is 312 g/mol. The summed E-state index contributed by atoms with van der Waals surface area (Å²) in [5.74, 6) is -0.821. The molecule has 0 aliphatic carbocycles. The van der Waals surface area contributed by atoms with E-state index in [1.807, 2.05) is 30.3 Å². The van der Waals surface area contributed by atoms with Crippen LogP contribution in [0.1, 0.15) is 22.8 Å². The zero-order valence-corrected chi connectivity index (χ0v) is 13.3. The van der Waals surface area contributed by atoms with Gasteiger partial charge < -0.3 is 9.47 Å². The van der Waals surface area contributed by atoms with Crippen molar-refractivity contribution in [3.8, 4) is 5.75 Å². The maximum Gasteiger partial charge on any atom is 0.317 e. The summed E-state index contributed by atoms with van der Waals surface area (Å²) in [6.45, 7) is 1.98. The molecule has 0 saturated carbocycles. The van der Waals surface area contributed by atoms with Crippen LogP contribution in [-0.4, -0.2) is 25.5 Å². The third-order valence-corrected chi connectivity index (χ3v) is 3.54. The molecule has 0 aliphatic rings. The van der Waals surface area contributed by atoms with Crippen LogP contribution < -0.4 is 4.74 Å². The molecule has 0 fully saturated rings. The molecule has 0 aliphatic heterocycles. The van der Waals surface area contributed by atoms with E-state index in [0.717, 1.165) is 11.3 Å². The first-order valence-electron chi connectivity index (χ1n) is 7.54. The number of rotatable bonds is 7. The van der Waals surface area contributed by atoms with Crippen LogP contribution in [0.15, 0.2) is 54.6 Å². The van der Waals surface area contributed by atoms with Crippen LogP contribution in [0.5, 0.6) is 5.75 Å². The first-order chi connectivity index (χ1) is 11.2. The van der Waals surface area contributed by atoms with Crippen molar-refractivity contribution in [2.45, 2.75) is 13.3 Å². The van der Waals surface area contributed by atoms with Crippen LogP contribution in [0.3, 0.4) is 0 Å². The molecule has 0 amide bonds. The van der Waals surface area contributed by atoms with E-state index in [9.17, 15) is 9.59 Å². The van der Waals surface area contributed by atoms with E-state index in [1.165, 1.54) is 0 Å². The lowest BCUT2D eigenvalue weighted by Crippen LogP contribution is -2.28. The molecule has 4 nitrogen and oxygen atoms in total. The van der Waals surface area contributed by atoms with Gasteiger partial charge in [0, 0.05) is 5.56 Å². The highest BCUT2D eigenvalue weighted by Gasteiger charge is 2.29. The van der Waals surface area contributed by atoms with E-state index in [-0.39, 0.29) is 12.4 Å². The predicted molar refractivity (Wildman–Crippen MR) is 87.6 cm³/mol. The fraction of sp³-hybridized carbons (Fsp3) is 0.263. The third kappa shape index (κ3) is 4.42. The Bertz CT molecular complexity index is 647. The van der Waals surface area contributed by atoms with Crippen LogP contribution in [0.25, 0.3) is 0 Å². The fourth-order valence-electron chi connectivity index (χ4n) is 2.33. The van der Waals surface area contributed by atoms with Crippen molar-refractivity contribution in [2.24, 2.45) is 5.92 Å². The maximum absolute atomic E-state index is 12.7. The molecule has 2 aromatic rings. The van der Waals surface area contributed by atoms with Crippen LogP contribution in [0, 0.1) is 5.92 Å². The number of ether oxygens (including phenoxy) is 2. The first kappa shape index (κ1) is 16.7. The number of Topliss-reactive ketones (excluding diaryl/α,β-unsaturated/α-hetero) is 1. The van der Waals surface area contributed by atoms with Crippen molar-refractivity contribution >= 4 is 11.8 Å². The molecule has 0 radical (unpaired) electrons. The van der Waals surface area contributed by atoms with Gasteiger partial charge >= 0.3 is 5.97 Å². The van der Waals surface area contributed by atoms with Crippen molar-refractivity contribution in [3.63, 3.8) is 0 Å². The molecule has 0 N–H and O–H groups in total. The fourth-order valence-corrected chi connectivity index (χ4v) is 2.33. The lowest BCUT2D eigenvalue weighted by molar-refractivity contribution is -0.146. The van der Waals surface area contributed by atoms with Gasteiger partial charge in [-0.15, -0.1) is 0 Å². The monoisotopic (exact) mass is 312 g/mol. The predicted octanol–water partition coefficient (Wildman–Crippen LogP) is 3.30. The Morgan fingerprint density at radius 3 is 2.22 bits per heavy atom. The second-order valence-electron chi connectivity index (χ2n) is 5.09.